The van der Waals surface area contributed by atoms with Crippen molar-refractivity contribution in [1.29, 1.82) is 0 Å². The highest BCUT2D eigenvalue weighted by atomic mass is 14.7. The fraction of sp³-hybridized carbons (Fsp3) is 0.600. The zero-order chi connectivity index (χ0) is 12.2. The minimum Gasteiger partial charge on any atom is -0.326 e. The van der Waals surface area contributed by atoms with Gasteiger partial charge in [0.2, 0.25) is 0 Å². The highest BCUT2D eigenvalue weighted by molar-refractivity contribution is 5.23. The molecule has 1 aromatic carbocycles. The first kappa shape index (κ1) is 13.2. The zero-order valence-corrected chi connectivity index (χ0v) is 11.1. The standard InChI is InChI=1S/C15H25N/c1-12(2)11-14-7-5-13(6-8-14)9-10-15(3,4)16/h5-8,12H,9-11,16H2,1-4H3. The van der Waals surface area contributed by atoms with Crippen molar-refractivity contribution >= 4 is 0 Å². The van der Waals surface area contributed by atoms with Gasteiger partial charge in [0, 0.05) is 5.54 Å². The first-order valence-electron chi connectivity index (χ1n) is 6.23. The Labute approximate surface area is 100 Å². The number of rotatable bonds is 5. The molecular weight excluding hydrogens is 194 g/mol. The Morgan fingerprint density at radius 1 is 1.06 bits per heavy atom. The number of nitrogens with two attached hydrogens (primary N) is 1. The van der Waals surface area contributed by atoms with Crippen molar-refractivity contribution in [1.82, 2.24) is 0 Å². The van der Waals surface area contributed by atoms with Crippen LogP contribution in [0.2, 0.25) is 0 Å². The second kappa shape index (κ2) is 5.49. The van der Waals surface area contributed by atoms with Crippen LogP contribution in [0.1, 0.15) is 45.2 Å². The molecule has 1 nitrogen and oxygen atoms in total. The van der Waals surface area contributed by atoms with E-state index >= 15 is 0 Å². The van der Waals surface area contributed by atoms with Crippen molar-refractivity contribution < 1.29 is 0 Å². The minimum absolute atomic E-state index is 0.0589. The Balaban J connectivity index is 2.51. The molecule has 0 saturated carbocycles. The summed E-state index contributed by atoms with van der Waals surface area (Å²) in [7, 11) is 0. The lowest BCUT2D eigenvalue weighted by Gasteiger charge is -2.18. The molecule has 0 aromatic heterocycles. The third-order valence-corrected chi connectivity index (χ3v) is 2.72. The summed E-state index contributed by atoms with van der Waals surface area (Å²) in [5, 5.41) is 0. The number of benzene rings is 1. The molecule has 1 heteroatoms. The van der Waals surface area contributed by atoms with Crippen LogP contribution in [0, 0.1) is 5.92 Å². The Morgan fingerprint density at radius 2 is 1.56 bits per heavy atom. The van der Waals surface area contributed by atoms with E-state index in [0.717, 1.165) is 18.8 Å². The Morgan fingerprint density at radius 3 is 2.00 bits per heavy atom. The summed E-state index contributed by atoms with van der Waals surface area (Å²) in [6, 6.07) is 8.98. The molecule has 0 spiro atoms. The van der Waals surface area contributed by atoms with Gasteiger partial charge in [-0.15, -0.1) is 0 Å². The molecular formula is C15H25N. The highest BCUT2D eigenvalue weighted by Gasteiger charge is 2.10. The third-order valence-electron chi connectivity index (χ3n) is 2.72. The lowest BCUT2D eigenvalue weighted by molar-refractivity contribution is 0.477. The van der Waals surface area contributed by atoms with E-state index in [1.54, 1.807) is 0 Å². The van der Waals surface area contributed by atoms with E-state index in [1.807, 2.05) is 0 Å². The molecule has 0 unspecified atom stereocenters. The lowest BCUT2D eigenvalue weighted by atomic mass is 9.95. The van der Waals surface area contributed by atoms with Gasteiger partial charge in [0.05, 0.1) is 0 Å². The van der Waals surface area contributed by atoms with E-state index in [-0.39, 0.29) is 5.54 Å². The fourth-order valence-corrected chi connectivity index (χ4v) is 1.78. The molecule has 0 aliphatic carbocycles. The average molecular weight is 219 g/mol. The summed E-state index contributed by atoms with van der Waals surface area (Å²) in [6.07, 6.45) is 3.28. The topological polar surface area (TPSA) is 26.0 Å². The maximum atomic E-state index is 5.98. The largest absolute Gasteiger partial charge is 0.326 e. The first-order chi connectivity index (χ1) is 7.37. The van der Waals surface area contributed by atoms with Crippen molar-refractivity contribution in [2.75, 3.05) is 0 Å². The van der Waals surface area contributed by atoms with Gasteiger partial charge >= 0.3 is 0 Å². The molecule has 1 rings (SSSR count). The maximum Gasteiger partial charge on any atom is 0.0100 e. The summed E-state index contributed by atoms with van der Waals surface area (Å²) in [5.41, 5.74) is 8.75. The van der Waals surface area contributed by atoms with Crippen LogP contribution in [0.4, 0.5) is 0 Å². The molecule has 0 heterocycles. The van der Waals surface area contributed by atoms with Crippen LogP contribution >= 0.6 is 0 Å². The number of hydrogen-bond donors (Lipinski definition) is 1. The Bertz CT molecular complexity index is 303. The third kappa shape index (κ3) is 5.32. The molecule has 1 aromatic rings. The quantitative estimate of drug-likeness (QED) is 0.805. The molecule has 16 heavy (non-hydrogen) atoms. The minimum atomic E-state index is -0.0589. The molecule has 0 bridgehead atoms. The second-order valence-corrected chi connectivity index (χ2v) is 5.90. The van der Waals surface area contributed by atoms with Gasteiger partial charge in [-0.2, -0.15) is 0 Å². The monoisotopic (exact) mass is 219 g/mol. The lowest BCUT2D eigenvalue weighted by Crippen LogP contribution is -2.32. The van der Waals surface area contributed by atoms with Crippen LogP contribution in [0.15, 0.2) is 24.3 Å². The van der Waals surface area contributed by atoms with Gasteiger partial charge in [0.1, 0.15) is 0 Å². The van der Waals surface area contributed by atoms with Crippen LogP contribution in [0.3, 0.4) is 0 Å². The van der Waals surface area contributed by atoms with Crippen LogP contribution < -0.4 is 5.73 Å². The molecule has 0 atom stereocenters. The van der Waals surface area contributed by atoms with Crippen molar-refractivity contribution in [3.8, 4) is 0 Å². The van der Waals surface area contributed by atoms with Gasteiger partial charge in [0.25, 0.3) is 0 Å². The maximum absolute atomic E-state index is 5.98. The van der Waals surface area contributed by atoms with Gasteiger partial charge in [-0.3, -0.25) is 0 Å². The van der Waals surface area contributed by atoms with Crippen LogP contribution in [-0.4, -0.2) is 5.54 Å². The smallest absolute Gasteiger partial charge is 0.0100 e. The van der Waals surface area contributed by atoms with Crippen molar-refractivity contribution in [3.05, 3.63) is 35.4 Å². The summed E-state index contributed by atoms with van der Waals surface area (Å²) >= 11 is 0. The van der Waals surface area contributed by atoms with Crippen LogP contribution in [0.5, 0.6) is 0 Å². The summed E-state index contributed by atoms with van der Waals surface area (Å²) < 4.78 is 0. The van der Waals surface area contributed by atoms with Gasteiger partial charge in [-0.05, 0) is 50.2 Å². The zero-order valence-electron chi connectivity index (χ0n) is 11.1. The number of hydrogen-bond acceptors (Lipinski definition) is 1. The van der Waals surface area contributed by atoms with Gasteiger partial charge in [0.15, 0.2) is 0 Å². The summed E-state index contributed by atoms with van der Waals surface area (Å²) in [6.45, 7) is 8.68. The van der Waals surface area contributed by atoms with Gasteiger partial charge in [-0.25, -0.2) is 0 Å². The van der Waals surface area contributed by atoms with E-state index < -0.39 is 0 Å². The molecule has 0 amide bonds. The molecule has 0 aliphatic rings. The normalized spacial score (nSPS) is 12.1. The molecule has 0 radical (unpaired) electrons. The molecule has 0 aliphatic heterocycles. The van der Waals surface area contributed by atoms with Crippen LogP contribution in [-0.2, 0) is 12.8 Å². The predicted octanol–water partition coefficient (Wildman–Crippen LogP) is 3.56. The van der Waals surface area contributed by atoms with Crippen molar-refractivity contribution in [2.24, 2.45) is 11.7 Å². The molecule has 0 saturated heterocycles. The second-order valence-electron chi connectivity index (χ2n) is 5.90. The van der Waals surface area contributed by atoms with E-state index in [2.05, 4.69) is 52.0 Å². The molecule has 0 fully saturated rings. The van der Waals surface area contributed by atoms with Crippen molar-refractivity contribution in [2.45, 2.75) is 52.5 Å². The van der Waals surface area contributed by atoms with E-state index in [0.29, 0.717) is 0 Å². The Hall–Kier alpha value is -0.820. The summed E-state index contributed by atoms with van der Waals surface area (Å²) in [4.78, 5) is 0. The summed E-state index contributed by atoms with van der Waals surface area (Å²) in [5.74, 6) is 0.730. The van der Waals surface area contributed by atoms with E-state index in [9.17, 15) is 0 Å². The molecule has 2 N–H and O–H groups in total. The molecule has 90 valence electrons. The van der Waals surface area contributed by atoms with E-state index in [1.165, 1.54) is 17.5 Å². The average Bonchev–Trinajstić information content (AvgIpc) is 2.14. The van der Waals surface area contributed by atoms with E-state index in [4.69, 9.17) is 5.73 Å². The SMILES string of the molecule is CC(C)Cc1ccc(CCC(C)(C)N)cc1. The Kier molecular flexibility index (Phi) is 4.55. The highest BCUT2D eigenvalue weighted by Crippen LogP contribution is 2.13. The van der Waals surface area contributed by atoms with Crippen molar-refractivity contribution in [3.63, 3.8) is 0 Å². The van der Waals surface area contributed by atoms with Crippen LogP contribution in [0.25, 0.3) is 0 Å². The van der Waals surface area contributed by atoms with Gasteiger partial charge in [-0.1, -0.05) is 38.1 Å². The first-order valence-corrected chi connectivity index (χ1v) is 6.23. The van der Waals surface area contributed by atoms with Gasteiger partial charge < -0.3 is 5.73 Å². The predicted molar refractivity (Wildman–Crippen MR) is 71.6 cm³/mol. The number of aryl methyl sites for hydroxylation is 1. The fourth-order valence-electron chi connectivity index (χ4n) is 1.78.